The Bertz CT molecular complexity index is 434. The first kappa shape index (κ1) is 9.72. The first-order valence-electron chi connectivity index (χ1n) is 5.02. The van der Waals surface area contributed by atoms with Crippen molar-refractivity contribution in [3.63, 3.8) is 0 Å². The molecule has 1 fully saturated rings. The Hall–Kier alpha value is -1.82. The molecule has 0 saturated carbocycles. The van der Waals surface area contributed by atoms with Gasteiger partial charge >= 0.3 is 0 Å². The van der Waals surface area contributed by atoms with Crippen molar-refractivity contribution in [2.75, 3.05) is 11.4 Å². The lowest BCUT2D eigenvalue weighted by Gasteiger charge is -2.41. The highest BCUT2D eigenvalue weighted by Crippen LogP contribution is 2.29. The molecule has 1 aliphatic heterocycles. The summed E-state index contributed by atoms with van der Waals surface area (Å²) in [5, 5.41) is 9.00. The van der Waals surface area contributed by atoms with Crippen LogP contribution in [-0.4, -0.2) is 18.9 Å². The maximum absolute atomic E-state index is 10.6. The predicted octanol–water partition coefficient (Wildman–Crippen LogP) is 1.97. The topological polar surface area (TPSA) is 44.1 Å². The standard InChI is InChI=1S/C12H12N2O/c1-9-4-5-14(9)12-3-2-10(8-15)6-11(12)7-13/h2-3,6,8-9H,4-5H2,1H3. The number of hydrogen-bond acceptors (Lipinski definition) is 3. The lowest BCUT2D eigenvalue weighted by atomic mass is 10.0. The molecule has 0 bridgehead atoms. The van der Waals surface area contributed by atoms with Crippen LogP contribution in [-0.2, 0) is 0 Å². The average molecular weight is 200 g/mol. The van der Waals surface area contributed by atoms with Crippen LogP contribution in [0.25, 0.3) is 0 Å². The molecule has 1 atom stereocenters. The molecule has 0 radical (unpaired) electrons. The van der Waals surface area contributed by atoms with Gasteiger partial charge in [0.05, 0.1) is 11.3 Å². The van der Waals surface area contributed by atoms with E-state index >= 15 is 0 Å². The third kappa shape index (κ3) is 1.59. The zero-order chi connectivity index (χ0) is 10.8. The van der Waals surface area contributed by atoms with Gasteiger partial charge in [-0.25, -0.2) is 0 Å². The fourth-order valence-corrected chi connectivity index (χ4v) is 1.84. The summed E-state index contributed by atoms with van der Waals surface area (Å²) >= 11 is 0. The van der Waals surface area contributed by atoms with Crippen LogP contribution in [0.2, 0.25) is 0 Å². The zero-order valence-corrected chi connectivity index (χ0v) is 8.60. The van der Waals surface area contributed by atoms with Gasteiger partial charge in [0.25, 0.3) is 0 Å². The van der Waals surface area contributed by atoms with Gasteiger partial charge in [-0.3, -0.25) is 4.79 Å². The molecular weight excluding hydrogens is 188 g/mol. The van der Waals surface area contributed by atoms with Gasteiger partial charge in [-0.2, -0.15) is 5.26 Å². The van der Waals surface area contributed by atoms with Gasteiger partial charge < -0.3 is 4.90 Å². The molecule has 1 unspecified atom stereocenters. The van der Waals surface area contributed by atoms with Crippen LogP contribution in [0.3, 0.4) is 0 Å². The molecule has 1 aromatic carbocycles. The largest absolute Gasteiger partial charge is 0.368 e. The monoisotopic (exact) mass is 200 g/mol. The molecule has 2 rings (SSSR count). The highest BCUT2D eigenvalue weighted by atomic mass is 16.1. The molecule has 3 heteroatoms. The number of rotatable bonds is 2. The summed E-state index contributed by atoms with van der Waals surface area (Å²) in [6.07, 6.45) is 1.93. The van der Waals surface area contributed by atoms with Gasteiger partial charge in [0, 0.05) is 18.2 Å². The molecule has 1 aromatic rings. The maximum atomic E-state index is 10.6. The van der Waals surface area contributed by atoms with E-state index < -0.39 is 0 Å². The SMILES string of the molecule is CC1CCN1c1ccc(C=O)cc1C#N. The van der Waals surface area contributed by atoms with E-state index in [9.17, 15) is 4.79 Å². The number of nitriles is 1. The summed E-state index contributed by atoms with van der Waals surface area (Å²) in [6.45, 7) is 3.13. The predicted molar refractivity (Wildman–Crippen MR) is 58.0 cm³/mol. The van der Waals surface area contributed by atoms with Crippen LogP contribution in [0, 0.1) is 11.3 Å². The van der Waals surface area contributed by atoms with Gasteiger partial charge in [0.15, 0.2) is 0 Å². The van der Waals surface area contributed by atoms with E-state index in [2.05, 4.69) is 17.9 Å². The minimum Gasteiger partial charge on any atom is -0.368 e. The summed E-state index contributed by atoms with van der Waals surface area (Å²) < 4.78 is 0. The number of carbonyl (C=O) groups is 1. The second kappa shape index (κ2) is 3.74. The highest BCUT2D eigenvalue weighted by molar-refractivity contribution is 5.78. The molecule has 0 aliphatic carbocycles. The van der Waals surface area contributed by atoms with Gasteiger partial charge in [0.1, 0.15) is 12.4 Å². The molecule has 0 N–H and O–H groups in total. The zero-order valence-electron chi connectivity index (χ0n) is 8.60. The minimum absolute atomic E-state index is 0.499. The first-order valence-corrected chi connectivity index (χ1v) is 5.02. The molecule has 3 nitrogen and oxygen atoms in total. The highest BCUT2D eigenvalue weighted by Gasteiger charge is 2.25. The first-order chi connectivity index (χ1) is 7.26. The number of anilines is 1. The molecule has 0 amide bonds. The van der Waals surface area contributed by atoms with E-state index in [4.69, 9.17) is 5.26 Å². The van der Waals surface area contributed by atoms with E-state index in [-0.39, 0.29) is 0 Å². The average Bonchev–Trinajstić information content (AvgIpc) is 2.27. The van der Waals surface area contributed by atoms with Crippen LogP contribution < -0.4 is 4.90 Å². The van der Waals surface area contributed by atoms with Gasteiger partial charge in [-0.1, -0.05) is 0 Å². The second-order valence-corrected chi connectivity index (χ2v) is 3.84. The van der Waals surface area contributed by atoms with Crippen molar-refractivity contribution in [2.45, 2.75) is 19.4 Å². The normalized spacial score (nSPS) is 19.2. The smallest absolute Gasteiger partial charge is 0.150 e. The van der Waals surface area contributed by atoms with Crippen LogP contribution in [0.15, 0.2) is 18.2 Å². The van der Waals surface area contributed by atoms with Crippen molar-refractivity contribution in [3.8, 4) is 6.07 Å². The molecule has 1 heterocycles. The second-order valence-electron chi connectivity index (χ2n) is 3.84. The lowest BCUT2D eigenvalue weighted by molar-refractivity contribution is 0.112. The molecule has 76 valence electrons. The molecule has 1 aliphatic rings. The Labute approximate surface area is 88.9 Å². The third-order valence-corrected chi connectivity index (χ3v) is 2.91. The quantitative estimate of drug-likeness (QED) is 0.685. The van der Waals surface area contributed by atoms with Crippen molar-refractivity contribution in [1.82, 2.24) is 0 Å². The van der Waals surface area contributed by atoms with E-state index in [1.807, 2.05) is 6.07 Å². The van der Waals surface area contributed by atoms with Crippen molar-refractivity contribution >= 4 is 12.0 Å². The Kier molecular flexibility index (Phi) is 2.42. The molecule has 0 spiro atoms. The number of hydrogen-bond donors (Lipinski definition) is 0. The summed E-state index contributed by atoms with van der Waals surface area (Å²) in [4.78, 5) is 12.8. The number of benzene rings is 1. The Morgan fingerprint density at radius 2 is 2.40 bits per heavy atom. The summed E-state index contributed by atoms with van der Waals surface area (Å²) in [7, 11) is 0. The Morgan fingerprint density at radius 1 is 1.60 bits per heavy atom. The Morgan fingerprint density at radius 3 is 2.87 bits per heavy atom. The van der Waals surface area contributed by atoms with Crippen molar-refractivity contribution in [2.24, 2.45) is 0 Å². The van der Waals surface area contributed by atoms with Crippen molar-refractivity contribution in [1.29, 1.82) is 5.26 Å². The minimum atomic E-state index is 0.499. The van der Waals surface area contributed by atoms with Crippen LogP contribution in [0.1, 0.15) is 29.3 Å². The molecular formula is C12H12N2O. The summed E-state index contributed by atoms with van der Waals surface area (Å²) in [6, 6.07) is 7.90. The number of nitrogens with zero attached hydrogens (tertiary/aromatic N) is 2. The van der Waals surface area contributed by atoms with Crippen molar-refractivity contribution < 1.29 is 4.79 Å². The van der Waals surface area contributed by atoms with E-state index in [1.165, 1.54) is 6.42 Å². The molecule has 0 aromatic heterocycles. The van der Waals surface area contributed by atoms with Gasteiger partial charge in [-0.05, 0) is 31.5 Å². The van der Waals surface area contributed by atoms with Crippen LogP contribution >= 0.6 is 0 Å². The van der Waals surface area contributed by atoms with Crippen LogP contribution in [0.5, 0.6) is 0 Å². The van der Waals surface area contributed by atoms with Gasteiger partial charge in [0.2, 0.25) is 0 Å². The van der Waals surface area contributed by atoms with E-state index in [1.54, 1.807) is 12.1 Å². The summed E-state index contributed by atoms with van der Waals surface area (Å²) in [5.41, 5.74) is 2.09. The molecule has 1 saturated heterocycles. The fraction of sp³-hybridized carbons (Fsp3) is 0.333. The lowest BCUT2D eigenvalue weighted by Crippen LogP contribution is -2.46. The number of aldehydes is 1. The van der Waals surface area contributed by atoms with Gasteiger partial charge in [-0.15, -0.1) is 0 Å². The molecule has 15 heavy (non-hydrogen) atoms. The fourth-order valence-electron chi connectivity index (χ4n) is 1.84. The Balaban J connectivity index is 2.39. The van der Waals surface area contributed by atoms with E-state index in [0.29, 0.717) is 17.2 Å². The van der Waals surface area contributed by atoms with Crippen LogP contribution in [0.4, 0.5) is 5.69 Å². The summed E-state index contributed by atoms with van der Waals surface area (Å²) in [5.74, 6) is 0. The third-order valence-electron chi connectivity index (χ3n) is 2.91. The van der Waals surface area contributed by atoms with E-state index in [0.717, 1.165) is 18.5 Å². The van der Waals surface area contributed by atoms with Crippen molar-refractivity contribution in [3.05, 3.63) is 29.3 Å². The number of carbonyl (C=O) groups excluding carboxylic acids is 1. The maximum Gasteiger partial charge on any atom is 0.150 e.